The summed E-state index contributed by atoms with van der Waals surface area (Å²) in [6, 6.07) is 4.04. The van der Waals surface area contributed by atoms with Crippen molar-refractivity contribution in [2.75, 3.05) is 7.05 Å². The smallest absolute Gasteiger partial charge is 0.111 e. The van der Waals surface area contributed by atoms with Crippen molar-refractivity contribution in [3.8, 4) is 0 Å². The molecule has 1 rings (SSSR count). The summed E-state index contributed by atoms with van der Waals surface area (Å²) in [5, 5.41) is 1.01. The van der Waals surface area contributed by atoms with Crippen LogP contribution in [0.1, 0.15) is 5.56 Å². The lowest BCUT2D eigenvalue weighted by Crippen LogP contribution is -1.92. The van der Waals surface area contributed by atoms with Gasteiger partial charge in [-0.05, 0) is 37.5 Å². The van der Waals surface area contributed by atoms with Gasteiger partial charge < -0.3 is 0 Å². The first-order valence-electron chi connectivity index (χ1n) is 3.09. The molecule has 1 heterocycles. The summed E-state index contributed by atoms with van der Waals surface area (Å²) in [6.45, 7) is 2.03. The zero-order chi connectivity index (χ0) is 7.40. The highest BCUT2D eigenvalue weighted by Crippen LogP contribution is 2.09. The van der Waals surface area contributed by atoms with Crippen LogP contribution >= 0.6 is 11.9 Å². The zero-order valence-corrected chi connectivity index (χ0v) is 6.90. The number of aryl methyl sites for hydroxylation is 1. The van der Waals surface area contributed by atoms with E-state index in [0.717, 1.165) is 5.03 Å². The minimum Gasteiger partial charge on any atom is -0.262 e. The number of hydrogen-bond donors (Lipinski definition) is 1. The molecule has 0 aliphatic heterocycles. The lowest BCUT2D eigenvalue weighted by atomic mass is 10.3. The van der Waals surface area contributed by atoms with Gasteiger partial charge in [-0.15, -0.1) is 0 Å². The van der Waals surface area contributed by atoms with Crippen molar-refractivity contribution in [2.45, 2.75) is 11.9 Å². The monoisotopic (exact) mass is 154 g/mol. The molecule has 54 valence electrons. The van der Waals surface area contributed by atoms with E-state index in [-0.39, 0.29) is 0 Å². The van der Waals surface area contributed by atoms with Crippen molar-refractivity contribution in [1.82, 2.24) is 9.71 Å². The maximum Gasteiger partial charge on any atom is 0.111 e. The van der Waals surface area contributed by atoms with Gasteiger partial charge in [0.15, 0.2) is 0 Å². The second-order valence-electron chi connectivity index (χ2n) is 1.98. The van der Waals surface area contributed by atoms with Crippen molar-refractivity contribution in [1.29, 1.82) is 0 Å². The van der Waals surface area contributed by atoms with Gasteiger partial charge in [0.2, 0.25) is 0 Å². The van der Waals surface area contributed by atoms with Gasteiger partial charge in [0.25, 0.3) is 0 Å². The summed E-state index contributed by atoms with van der Waals surface area (Å²) in [4.78, 5) is 4.17. The van der Waals surface area contributed by atoms with Gasteiger partial charge in [0.05, 0.1) is 0 Å². The number of nitrogens with one attached hydrogen (secondary N) is 1. The topological polar surface area (TPSA) is 24.9 Å². The van der Waals surface area contributed by atoms with Crippen molar-refractivity contribution in [2.24, 2.45) is 0 Å². The van der Waals surface area contributed by atoms with E-state index < -0.39 is 0 Å². The third-order valence-corrected chi connectivity index (χ3v) is 1.75. The molecule has 0 radical (unpaired) electrons. The summed E-state index contributed by atoms with van der Waals surface area (Å²) >= 11 is 1.52. The number of pyridine rings is 1. The van der Waals surface area contributed by atoms with Gasteiger partial charge in [-0.25, -0.2) is 4.98 Å². The van der Waals surface area contributed by atoms with Crippen molar-refractivity contribution >= 4 is 11.9 Å². The Kier molecular flexibility index (Phi) is 2.71. The normalized spacial score (nSPS) is 9.80. The van der Waals surface area contributed by atoms with Gasteiger partial charge in [-0.3, -0.25) is 4.72 Å². The average Bonchev–Trinajstić information content (AvgIpc) is 1.95. The zero-order valence-electron chi connectivity index (χ0n) is 6.09. The molecular formula is C7H10N2S. The van der Waals surface area contributed by atoms with Gasteiger partial charge in [0.1, 0.15) is 5.03 Å². The molecule has 1 aromatic heterocycles. The quantitative estimate of drug-likeness (QED) is 0.655. The van der Waals surface area contributed by atoms with Crippen LogP contribution in [0.2, 0.25) is 0 Å². The SMILES string of the molecule is CNSc1ccc(C)cn1. The summed E-state index contributed by atoms with van der Waals surface area (Å²) in [6.07, 6.45) is 1.86. The molecule has 2 nitrogen and oxygen atoms in total. The van der Waals surface area contributed by atoms with Gasteiger partial charge >= 0.3 is 0 Å². The molecule has 3 heteroatoms. The highest BCUT2D eigenvalue weighted by molar-refractivity contribution is 7.97. The fourth-order valence-electron chi connectivity index (χ4n) is 0.619. The fraction of sp³-hybridized carbons (Fsp3) is 0.286. The van der Waals surface area contributed by atoms with Crippen LogP contribution in [-0.4, -0.2) is 12.0 Å². The predicted octanol–water partition coefficient (Wildman–Crippen LogP) is 1.62. The second kappa shape index (κ2) is 3.58. The third kappa shape index (κ3) is 2.01. The summed E-state index contributed by atoms with van der Waals surface area (Å²) < 4.78 is 2.96. The summed E-state index contributed by atoms with van der Waals surface area (Å²) in [7, 11) is 1.88. The summed E-state index contributed by atoms with van der Waals surface area (Å²) in [5.74, 6) is 0. The van der Waals surface area contributed by atoms with Crippen LogP contribution in [0.5, 0.6) is 0 Å². The molecule has 0 fully saturated rings. The highest BCUT2D eigenvalue weighted by Gasteiger charge is 1.90. The van der Waals surface area contributed by atoms with Gasteiger partial charge in [-0.2, -0.15) is 0 Å². The largest absolute Gasteiger partial charge is 0.262 e. The van der Waals surface area contributed by atoms with E-state index in [1.807, 2.05) is 32.3 Å². The van der Waals surface area contributed by atoms with E-state index in [1.54, 1.807) is 0 Å². The lowest BCUT2D eigenvalue weighted by Gasteiger charge is -1.96. The fourth-order valence-corrected chi connectivity index (χ4v) is 1.07. The van der Waals surface area contributed by atoms with Crippen LogP contribution in [0.15, 0.2) is 23.4 Å². The molecule has 0 atom stereocenters. The lowest BCUT2D eigenvalue weighted by molar-refractivity contribution is 1.10. The van der Waals surface area contributed by atoms with Crippen molar-refractivity contribution < 1.29 is 0 Å². The van der Waals surface area contributed by atoms with E-state index in [0.29, 0.717) is 0 Å². The highest BCUT2D eigenvalue weighted by atomic mass is 32.2. The number of aromatic nitrogens is 1. The Balaban J connectivity index is 2.69. The molecule has 0 aliphatic rings. The van der Waals surface area contributed by atoms with Crippen molar-refractivity contribution in [3.63, 3.8) is 0 Å². The molecule has 0 bridgehead atoms. The van der Waals surface area contributed by atoms with Crippen LogP contribution in [-0.2, 0) is 0 Å². The minimum absolute atomic E-state index is 1.01. The molecule has 0 aliphatic carbocycles. The minimum atomic E-state index is 1.01. The number of hydrogen-bond acceptors (Lipinski definition) is 3. The predicted molar refractivity (Wildman–Crippen MR) is 43.9 cm³/mol. The Morgan fingerprint density at radius 1 is 1.50 bits per heavy atom. The van der Waals surface area contributed by atoms with E-state index in [1.165, 1.54) is 17.5 Å². The molecule has 10 heavy (non-hydrogen) atoms. The Morgan fingerprint density at radius 3 is 2.80 bits per heavy atom. The van der Waals surface area contributed by atoms with Crippen LogP contribution in [0.25, 0.3) is 0 Å². The van der Waals surface area contributed by atoms with Crippen LogP contribution in [0.4, 0.5) is 0 Å². The number of nitrogens with zero attached hydrogens (tertiary/aromatic N) is 1. The maximum atomic E-state index is 4.17. The molecular weight excluding hydrogens is 144 g/mol. The molecule has 0 spiro atoms. The van der Waals surface area contributed by atoms with Crippen LogP contribution in [0.3, 0.4) is 0 Å². The third-order valence-electron chi connectivity index (χ3n) is 1.09. The summed E-state index contributed by atoms with van der Waals surface area (Å²) in [5.41, 5.74) is 1.19. The Labute approximate surface area is 65.2 Å². The maximum absolute atomic E-state index is 4.17. The van der Waals surface area contributed by atoms with E-state index in [2.05, 4.69) is 9.71 Å². The molecule has 1 N–H and O–H groups in total. The molecule has 0 saturated carbocycles. The first-order chi connectivity index (χ1) is 4.83. The van der Waals surface area contributed by atoms with E-state index >= 15 is 0 Å². The van der Waals surface area contributed by atoms with E-state index in [9.17, 15) is 0 Å². The van der Waals surface area contributed by atoms with Gasteiger partial charge in [0, 0.05) is 6.20 Å². The average molecular weight is 154 g/mol. The molecule has 0 aromatic carbocycles. The van der Waals surface area contributed by atoms with Crippen LogP contribution < -0.4 is 4.72 Å². The molecule has 0 amide bonds. The molecule has 0 saturated heterocycles. The first kappa shape index (κ1) is 7.57. The Hall–Kier alpha value is -0.540. The first-order valence-corrected chi connectivity index (χ1v) is 3.91. The second-order valence-corrected chi connectivity index (χ2v) is 3.01. The number of rotatable bonds is 2. The molecule has 0 unspecified atom stereocenters. The van der Waals surface area contributed by atoms with Crippen molar-refractivity contribution in [3.05, 3.63) is 23.9 Å². The molecule has 1 aromatic rings. The Bertz CT molecular complexity index is 195. The van der Waals surface area contributed by atoms with Crippen LogP contribution in [0, 0.1) is 6.92 Å². The Morgan fingerprint density at radius 2 is 2.30 bits per heavy atom. The standard InChI is InChI=1S/C7H10N2S/c1-6-3-4-7(9-5-6)10-8-2/h3-5,8H,1-2H3. The van der Waals surface area contributed by atoms with Gasteiger partial charge in [-0.1, -0.05) is 6.07 Å². The van der Waals surface area contributed by atoms with E-state index in [4.69, 9.17) is 0 Å².